The summed E-state index contributed by atoms with van der Waals surface area (Å²) in [6, 6.07) is 5.04. The molecule has 1 N–H and O–H groups in total. The maximum atomic E-state index is 12.5. The first kappa shape index (κ1) is 14.7. The zero-order valence-electron chi connectivity index (χ0n) is 12.3. The summed E-state index contributed by atoms with van der Waals surface area (Å²) < 4.78 is 5.06. The molecule has 1 aromatic rings. The molecular formula is C16H23NO3. The van der Waals surface area contributed by atoms with Gasteiger partial charge in [0.2, 0.25) is 0 Å². The molecule has 1 heterocycles. The van der Waals surface area contributed by atoms with Crippen LogP contribution in [0.5, 0.6) is 11.5 Å². The summed E-state index contributed by atoms with van der Waals surface area (Å²) in [7, 11) is 1.49. The second kappa shape index (κ2) is 6.64. The Hall–Kier alpha value is -1.71. The molecular weight excluding hydrogens is 254 g/mol. The predicted molar refractivity (Wildman–Crippen MR) is 78.2 cm³/mol. The zero-order chi connectivity index (χ0) is 14.5. The Morgan fingerprint density at radius 2 is 2.20 bits per heavy atom. The molecule has 0 radical (unpaired) electrons. The Morgan fingerprint density at radius 3 is 2.90 bits per heavy atom. The molecule has 1 unspecified atom stereocenters. The smallest absolute Gasteiger partial charge is 0.257 e. The minimum Gasteiger partial charge on any atom is -0.504 e. The van der Waals surface area contributed by atoms with Crippen LogP contribution < -0.4 is 4.74 Å². The van der Waals surface area contributed by atoms with E-state index in [4.69, 9.17) is 4.74 Å². The van der Waals surface area contributed by atoms with Gasteiger partial charge in [-0.1, -0.05) is 19.4 Å². The summed E-state index contributed by atoms with van der Waals surface area (Å²) in [5, 5.41) is 10.1. The first-order chi connectivity index (χ1) is 9.67. The van der Waals surface area contributed by atoms with E-state index in [-0.39, 0.29) is 11.7 Å². The molecule has 20 heavy (non-hydrogen) atoms. The van der Waals surface area contributed by atoms with Crippen LogP contribution in [0, 0.1) is 5.92 Å². The van der Waals surface area contributed by atoms with Crippen LogP contribution in [-0.2, 0) is 0 Å². The van der Waals surface area contributed by atoms with Crippen LogP contribution >= 0.6 is 0 Å². The van der Waals surface area contributed by atoms with E-state index in [2.05, 4.69) is 6.92 Å². The van der Waals surface area contributed by atoms with Gasteiger partial charge < -0.3 is 14.7 Å². The van der Waals surface area contributed by atoms with Gasteiger partial charge in [0.1, 0.15) is 0 Å². The van der Waals surface area contributed by atoms with Crippen LogP contribution in [0.3, 0.4) is 0 Å². The average Bonchev–Trinajstić information content (AvgIpc) is 2.72. The molecule has 0 saturated carbocycles. The number of phenolic OH excluding ortho intramolecular Hbond substituents is 1. The van der Waals surface area contributed by atoms with E-state index in [1.54, 1.807) is 18.2 Å². The fourth-order valence-corrected chi connectivity index (χ4v) is 2.81. The number of carbonyl (C=O) groups is 1. The van der Waals surface area contributed by atoms with Gasteiger partial charge in [-0.25, -0.2) is 0 Å². The molecule has 0 spiro atoms. The van der Waals surface area contributed by atoms with Gasteiger partial charge >= 0.3 is 0 Å². The third-order valence-corrected chi connectivity index (χ3v) is 4.16. The Bertz CT molecular complexity index is 473. The molecule has 1 amide bonds. The van der Waals surface area contributed by atoms with Crippen molar-refractivity contribution in [1.82, 2.24) is 4.90 Å². The van der Waals surface area contributed by atoms with Crippen molar-refractivity contribution in [2.24, 2.45) is 5.92 Å². The summed E-state index contributed by atoms with van der Waals surface area (Å²) in [6.07, 6.45) is 4.44. The van der Waals surface area contributed by atoms with Crippen molar-refractivity contribution in [3.63, 3.8) is 0 Å². The number of methoxy groups -OCH3 is 1. The number of benzene rings is 1. The van der Waals surface area contributed by atoms with Gasteiger partial charge in [0.15, 0.2) is 11.5 Å². The largest absolute Gasteiger partial charge is 0.504 e. The van der Waals surface area contributed by atoms with Gasteiger partial charge in [-0.3, -0.25) is 4.79 Å². The van der Waals surface area contributed by atoms with E-state index < -0.39 is 0 Å². The lowest BCUT2D eigenvalue weighted by Gasteiger charge is -2.21. The van der Waals surface area contributed by atoms with Crippen LogP contribution in [0.15, 0.2) is 18.2 Å². The number of likely N-dealkylation sites (tertiary alicyclic amines) is 1. The molecule has 1 saturated heterocycles. The maximum absolute atomic E-state index is 12.5. The van der Waals surface area contributed by atoms with Crippen molar-refractivity contribution < 1.29 is 14.6 Å². The highest BCUT2D eigenvalue weighted by molar-refractivity contribution is 5.97. The highest BCUT2D eigenvalue weighted by Gasteiger charge is 2.23. The van der Waals surface area contributed by atoms with Crippen molar-refractivity contribution >= 4 is 5.91 Å². The fraction of sp³-hybridized carbons (Fsp3) is 0.562. The third kappa shape index (κ3) is 3.06. The lowest BCUT2D eigenvalue weighted by Crippen LogP contribution is -2.32. The minimum atomic E-state index is -0.0989. The number of ether oxygens (including phenoxy) is 1. The molecule has 0 bridgehead atoms. The van der Waals surface area contributed by atoms with Crippen molar-refractivity contribution in [3.8, 4) is 11.5 Å². The lowest BCUT2D eigenvalue weighted by molar-refractivity contribution is 0.0756. The minimum absolute atomic E-state index is 0.0590. The van der Waals surface area contributed by atoms with Crippen molar-refractivity contribution in [3.05, 3.63) is 23.8 Å². The lowest BCUT2D eigenvalue weighted by atomic mass is 9.98. The summed E-state index contributed by atoms with van der Waals surface area (Å²) in [5.41, 5.74) is 0.333. The number of hydrogen-bond acceptors (Lipinski definition) is 3. The number of carbonyl (C=O) groups excluding carboxylic acids is 1. The topological polar surface area (TPSA) is 49.8 Å². The van der Waals surface area contributed by atoms with E-state index in [1.165, 1.54) is 20.0 Å². The Kier molecular flexibility index (Phi) is 4.88. The molecule has 110 valence electrons. The zero-order valence-corrected chi connectivity index (χ0v) is 12.3. The van der Waals surface area contributed by atoms with Crippen LogP contribution in [0.25, 0.3) is 0 Å². The van der Waals surface area contributed by atoms with Crippen molar-refractivity contribution in [2.75, 3.05) is 20.2 Å². The number of phenols is 1. The molecule has 2 rings (SSSR count). The molecule has 1 aliphatic rings. The molecule has 1 fully saturated rings. The molecule has 1 aromatic carbocycles. The van der Waals surface area contributed by atoms with E-state index >= 15 is 0 Å². The number of hydrogen-bond donors (Lipinski definition) is 1. The summed E-state index contributed by atoms with van der Waals surface area (Å²) in [4.78, 5) is 14.4. The van der Waals surface area contributed by atoms with Gasteiger partial charge in [0.05, 0.1) is 12.7 Å². The highest BCUT2D eigenvalue weighted by atomic mass is 16.5. The SMILES string of the molecule is CCC1CCCN(C(=O)c2cccc(OC)c2O)CC1. The fourth-order valence-electron chi connectivity index (χ4n) is 2.81. The Labute approximate surface area is 120 Å². The maximum Gasteiger partial charge on any atom is 0.257 e. The normalized spacial score (nSPS) is 19.5. The number of aromatic hydroxyl groups is 1. The second-order valence-corrected chi connectivity index (χ2v) is 5.35. The van der Waals surface area contributed by atoms with E-state index in [0.717, 1.165) is 25.9 Å². The number of rotatable bonds is 3. The number of amides is 1. The molecule has 1 aliphatic heterocycles. The first-order valence-electron chi connectivity index (χ1n) is 7.32. The van der Waals surface area contributed by atoms with Crippen LogP contribution in [-0.4, -0.2) is 36.1 Å². The van der Waals surface area contributed by atoms with E-state index in [0.29, 0.717) is 17.2 Å². The Balaban J connectivity index is 2.15. The summed E-state index contributed by atoms with van der Waals surface area (Å²) in [5.74, 6) is 0.901. The standard InChI is InChI=1S/C16H23NO3/c1-3-12-6-5-10-17(11-9-12)16(19)13-7-4-8-14(20-2)15(13)18/h4,7-8,12,18H,3,5-6,9-11H2,1-2H3. The average molecular weight is 277 g/mol. The van der Waals surface area contributed by atoms with Crippen LogP contribution in [0.4, 0.5) is 0 Å². The highest BCUT2D eigenvalue weighted by Crippen LogP contribution is 2.31. The number of nitrogens with zero attached hydrogens (tertiary/aromatic N) is 1. The molecule has 0 aliphatic carbocycles. The summed E-state index contributed by atoms with van der Waals surface area (Å²) in [6.45, 7) is 3.75. The van der Waals surface area contributed by atoms with Gasteiger partial charge in [-0.05, 0) is 37.3 Å². The third-order valence-electron chi connectivity index (χ3n) is 4.16. The molecule has 4 heteroatoms. The first-order valence-corrected chi connectivity index (χ1v) is 7.32. The molecule has 1 atom stereocenters. The van der Waals surface area contributed by atoms with E-state index in [1.807, 2.05) is 4.90 Å². The van der Waals surface area contributed by atoms with Gasteiger partial charge in [0.25, 0.3) is 5.91 Å². The van der Waals surface area contributed by atoms with Gasteiger partial charge in [-0.2, -0.15) is 0 Å². The van der Waals surface area contributed by atoms with Crippen molar-refractivity contribution in [2.45, 2.75) is 32.6 Å². The van der Waals surface area contributed by atoms with Crippen molar-refractivity contribution in [1.29, 1.82) is 0 Å². The number of para-hydroxylation sites is 1. The van der Waals surface area contributed by atoms with Gasteiger partial charge in [-0.15, -0.1) is 0 Å². The quantitative estimate of drug-likeness (QED) is 0.923. The van der Waals surface area contributed by atoms with Gasteiger partial charge in [0, 0.05) is 13.1 Å². The monoisotopic (exact) mass is 277 g/mol. The molecule has 0 aromatic heterocycles. The Morgan fingerprint density at radius 1 is 1.40 bits per heavy atom. The second-order valence-electron chi connectivity index (χ2n) is 5.35. The molecule has 4 nitrogen and oxygen atoms in total. The van der Waals surface area contributed by atoms with Crippen LogP contribution in [0.1, 0.15) is 43.0 Å². The predicted octanol–water partition coefficient (Wildman–Crippen LogP) is 3.05. The van der Waals surface area contributed by atoms with Crippen LogP contribution in [0.2, 0.25) is 0 Å². The van der Waals surface area contributed by atoms with E-state index in [9.17, 15) is 9.90 Å². The summed E-state index contributed by atoms with van der Waals surface area (Å²) >= 11 is 0.